The van der Waals surface area contributed by atoms with Gasteiger partial charge >= 0.3 is 0 Å². The predicted molar refractivity (Wildman–Crippen MR) is 86.2 cm³/mol. The molecule has 0 radical (unpaired) electrons. The van der Waals surface area contributed by atoms with Gasteiger partial charge in [-0.25, -0.2) is 0 Å². The third-order valence-corrected chi connectivity index (χ3v) is 3.24. The van der Waals surface area contributed by atoms with Crippen LogP contribution in [0.4, 0.5) is 5.69 Å². The van der Waals surface area contributed by atoms with Crippen molar-refractivity contribution in [2.45, 2.75) is 19.8 Å². The third kappa shape index (κ3) is 3.85. The van der Waals surface area contributed by atoms with Crippen LogP contribution in [0.25, 0.3) is 0 Å². The lowest BCUT2D eigenvalue weighted by atomic mass is 10.1. The number of nitrogens with two attached hydrogens (primary N) is 1. The minimum absolute atomic E-state index is 0.224. The molecule has 1 aromatic heterocycles. The summed E-state index contributed by atoms with van der Waals surface area (Å²) < 4.78 is 7.13. The predicted octanol–water partition coefficient (Wildman–Crippen LogP) is 2.13. The van der Waals surface area contributed by atoms with Gasteiger partial charge in [0, 0.05) is 25.0 Å². The van der Waals surface area contributed by atoms with Crippen LogP contribution in [0.2, 0.25) is 0 Å². The molecule has 0 aliphatic heterocycles. The topological polar surface area (TPSA) is 82.2 Å². The summed E-state index contributed by atoms with van der Waals surface area (Å²) in [6.07, 6.45) is 0. The van der Waals surface area contributed by atoms with Gasteiger partial charge in [0.15, 0.2) is 5.69 Å². The van der Waals surface area contributed by atoms with Crippen LogP contribution in [0.5, 0.6) is 5.75 Å². The van der Waals surface area contributed by atoms with Crippen molar-refractivity contribution in [1.29, 1.82) is 0 Å². The van der Waals surface area contributed by atoms with Crippen LogP contribution in [0.1, 0.15) is 35.9 Å². The van der Waals surface area contributed by atoms with Gasteiger partial charge in [0.2, 0.25) is 0 Å². The summed E-state index contributed by atoms with van der Waals surface area (Å²) in [5.74, 6) is 0.819. The van der Waals surface area contributed by atoms with Crippen molar-refractivity contribution >= 4 is 11.6 Å². The van der Waals surface area contributed by atoms with Crippen LogP contribution in [-0.2, 0) is 7.05 Å². The number of hydrogen-bond donors (Lipinski definition) is 2. The lowest BCUT2D eigenvalue weighted by Gasteiger charge is -2.06. The number of benzene rings is 1. The Kier molecular flexibility index (Phi) is 5.16. The van der Waals surface area contributed by atoms with E-state index < -0.39 is 0 Å². The maximum absolute atomic E-state index is 12.2. The normalized spacial score (nSPS) is 10.8. The molecule has 6 heteroatoms. The zero-order chi connectivity index (χ0) is 16.1. The molecular weight excluding hydrogens is 280 g/mol. The first kappa shape index (κ1) is 16.0. The molecule has 0 saturated heterocycles. The molecule has 118 valence electrons. The molecule has 2 rings (SSSR count). The van der Waals surface area contributed by atoms with Gasteiger partial charge in [-0.2, -0.15) is 5.10 Å². The highest BCUT2D eigenvalue weighted by Crippen LogP contribution is 2.18. The summed E-state index contributed by atoms with van der Waals surface area (Å²) >= 11 is 0. The van der Waals surface area contributed by atoms with Gasteiger partial charge in [0.25, 0.3) is 5.91 Å². The molecule has 0 saturated carbocycles. The summed E-state index contributed by atoms with van der Waals surface area (Å²) in [5, 5.41) is 7.08. The van der Waals surface area contributed by atoms with Crippen molar-refractivity contribution in [3.63, 3.8) is 0 Å². The van der Waals surface area contributed by atoms with Crippen LogP contribution >= 0.6 is 0 Å². The number of ether oxygens (including phenoxy) is 1. The van der Waals surface area contributed by atoms with Gasteiger partial charge < -0.3 is 15.8 Å². The number of hydrogen-bond acceptors (Lipinski definition) is 4. The Labute approximate surface area is 130 Å². The Morgan fingerprint density at radius 3 is 2.59 bits per heavy atom. The molecule has 0 unspecified atom stereocenters. The molecule has 0 fully saturated rings. The van der Waals surface area contributed by atoms with E-state index in [2.05, 4.69) is 24.3 Å². The van der Waals surface area contributed by atoms with E-state index in [4.69, 9.17) is 10.5 Å². The summed E-state index contributed by atoms with van der Waals surface area (Å²) in [7, 11) is 1.84. The number of amides is 1. The molecule has 0 atom stereocenters. The standard InChI is InChI=1S/C16H22N4O2/c1-11(2)15-10-14(19-20(15)3)16(21)18-12-4-6-13(7-5-12)22-9-8-17/h4-7,10-11H,8-9,17H2,1-3H3,(H,18,21). The molecule has 0 spiro atoms. The highest BCUT2D eigenvalue weighted by atomic mass is 16.5. The SMILES string of the molecule is CC(C)c1cc(C(=O)Nc2ccc(OCCN)cc2)nn1C. The molecule has 0 bridgehead atoms. The number of rotatable bonds is 6. The quantitative estimate of drug-likeness (QED) is 0.856. The lowest BCUT2D eigenvalue weighted by molar-refractivity contribution is 0.102. The number of anilines is 1. The highest BCUT2D eigenvalue weighted by molar-refractivity contribution is 6.02. The van der Waals surface area contributed by atoms with Gasteiger partial charge in [-0.15, -0.1) is 0 Å². The Morgan fingerprint density at radius 1 is 1.36 bits per heavy atom. The maximum atomic E-state index is 12.2. The molecule has 0 aliphatic carbocycles. The van der Waals surface area contributed by atoms with Crippen molar-refractivity contribution in [2.24, 2.45) is 12.8 Å². The van der Waals surface area contributed by atoms with Crippen molar-refractivity contribution in [3.8, 4) is 5.75 Å². The summed E-state index contributed by atoms with van der Waals surface area (Å²) in [6.45, 7) is 5.07. The lowest BCUT2D eigenvalue weighted by Crippen LogP contribution is -2.13. The third-order valence-electron chi connectivity index (χ3n) is 3.24. The van der Waals surface area contributed by atoms with E-state index >= 15 is 0 Å². The second kappa shape index (κ2) is 7.09. The summed E-state index contributed by atoms with van der Waals surface area (Å²) in [5.41, 5.74) is 7.51. The molecule has 1 amide bonds. The molecule has 22 heavy (non-hydrogen) atoms. The molecule has 1 heterocycles. The number of carbonyl (C=O) groups excluding carboxylic acids is 1. The zero-order valence-electron chi connectivity index (χ0n) is 13.2. The fourth-order valence-corrected chi connectivity index (χ4v) is 2.14. The van der Waals surface area contributed by atoms with E-state index in [1.807, 2.05) is 13.1 Å². The van der Waals surface area contributed by atoms with E-state index in [-0.39, 0.29) is 5.91 Å². The number of nitrogens with one attached hydrogen (secondary N) is 1. The Hall–Kier alpha value is -2.34. The van der Waals surface area contributed by atoms with Gasteiger partial charge in [0.05, 0.1) is 0 Å². The minimum atomic E-state index is -0.224. The van der Waals surface area contributed by atoms with Crippen molar-refractivity contribution in [1.82, 2.24) is 9.78 Å². The Balaban J connectivity index is 2.04. The zero-order valence-corrected chi connectivity index (χ0v) is 13.2. The Bertz CT molecular complexity index is 632. The first-order valence-electron chi connectivity index (χ1n) is 7.29. The first-order valence-corrected chi connectivity index (χ1v) is 7.29. The average molecular weight is 302 g/mol. The van der Waals surface area contributed by atoms with Crippen LogP contribution in [0.3, 0.4) is 0 Å². The van der Waals surface area contributed by atoms with Crippen molar-refractivity contribution < 1.29 is 9.53 Å². The second-order valence-electron chi connectivity index (χ2n) is 5.35. The van der Waals surface area contributed by atoms with Gasteiger partial charge in [-0.3, -0.25) is 9.48 Å². The molecule has 6 nitrogen and oxygen atoms in total. The molecular formula is C16H22N4O2. The van der Waals surface area contributed by atoms with Crippen molar-refractivity contribution in [3.05, 3.63) is 41.7 Å². The molecule has 2 aromatic rings. The van der Waals surface area contributed by atoms with Gasteiger partial charge in [-0.05, 0) is 36.2 Å². The summed E-state index contributed by atoms with van der Waals surface area (Å²) in [4.78, 5) is 12.2. The molecule has 0 aliphatic rings. The van der Waals surface area contributed by atoms with E-state index in [0.717, 1.165) is 11.4 Å². The smallest absolute Gasteiger partial charge is 0.276 e. The van der Waals surface area contributed by atoms with E-state index in [0.29, 0.717) is 30.5 Å². The van der Waals surface area contributed by atoms with Crippen LogP contribution in [-0.4, -0.2) is 28.8 Å². The van der Waals surface area contributed by atoms with Crippen LogP contribution in [0.15, 0.2) is 30.3 Å². The number of carbonyl (C=O) groups is 1. The fourth-order valence-electron chi connectivity index (χ4n) is 2.14. The van der Waals surface area contributed by atoms with Crippen LogP contribution < -0.4 is 15.8 Å². The molecule has 1 aromatic carbocycles. The summed E-state index contributed by atoms with van der Waals surface area (Å²) in [6, 6.07) is 8.98. The van der Waals surface area contributed by atoms with Crippen LogP contribution in [0, 0.1) is 0 Å². The minimum Gasteiger partial charge on any atom is -0.492 e. The first-order chi connectivity index (χ1) is 10.5. The van der Waals surface area contributed by atoms with E-state index in [1.54, 1.807) is 28.9 Å². The number of nitrogens with zero attached hydrogens (tertiary/aromatic N) is 2. The Morgan fingerprint density at radius 2 is 2.05 bits per heavy atom. The van der Waals surface area contributed by atoms with Gasteiger partial charge in [-0.1, -0.05) is 13.8 Å². The van der Waals surface area contributed by atoms with Gasteiger partial charge in [0.1, 0.15) is 12.4 Å². The fraction of sp³-hybridized carbons (Fsp3) is 0.375. The van der Waals surface area contributed by atoms with E-state index in [9.17, 15) is 4.79 Å². The monoisotopic (exact) mass is 302 g/mol. The average Bonchev–Trinajstić information content (AvgIpc) is 2.89. The van der Waals surface area contributed by atoms with Crippen molar-refractivity contribution in [2.75, 3.05) is 18.5 Å². The molecule has 3 N–H and O–H groups in total. The second-order valence-corrected chi connectivity index (χ2v) is 5.35. The maximum Gasteiger partial charge on any atom is 0.276 e. The number of aryl methyl sites for hydroxylation is 1. The van der Waals surface area contributed by atoms with E-state index in [1.165, 1.54) is 0 Å². The highest BCUT2D eigenvalue weighted by Gasteiger charge is 2.14. The number of aromatic nitrogens is 2. The largest absolute Gasteiger partial charge is 0.492 e.